The molecule has 1 aromatic carbocycles. The van der Waals surface area contributed by atoms with Gasteiger partial charge in [0.15, 0.2) is 4.30 Å². The van der Waals surface area contributed by atoms with E-state index in [9.17, 15) is 9.59 Å². The summed E-state index contributed by atoms with van der Waals surface area (Å²) in [6.45, 7) is 5.59. The number of alkyl halides is 3. The number of pyridine rings is 1. The van der Waals surface area contributed by atoms with E-state index in [0.717, 1.165) is 16.6 Å². The van der Waals surface area contributed by atoms with Crippen LogP contribution in [0.5, 0.6) is 0 Å². The van der Waals surface area contributed by atoms with E-state index in [4.69, 9.17) is 46.3 Å². The summed E-state index contributed by atoms with van der Waals surface area (Å²) in [5.41, 5.74) is 14.8. The lowest BCUT2D eigenvalue weighted by Gasteiger charge is -2.32. The molecule has 0 atom stereocenters. The van der Waals surface area contributed by atoms with Crippen LogP contribution in [0.15, 0.2) is 30.3 Å². The third kappa shape index (κ3) is 8.18. The molecule has 1 aromatic heterocycles. The van der Waals surface area contributed by atoms with E-state index < -0.39 is 17.3 Å². The number of nitrogens with zero attached hydrogens (tertiary/aromatic N) is 2. The largest absolute Gasteiger partial charge is 0.416 e. The minimum atomic E-state index is -0.750. The first-order valence-corrected chi connectivity index (χ1v) is 10.1. The maximum absolute atomic E-state index is 11.6. The molecule has 8 nitrogen and oxygen atoms in total. The van der Waals surface area contributed by atoms with Crippen molar-refractivity contribution in [3.8, 4) is 0 Å². The topological polar surface area (TPSA) is 126 Å². The van der Waals surface area contributed by atoms with Gasteiger partial charge in [-0.3, -0.25) is 5.32 Å². The fraction of sp³-hybridized carbons (Fsp3) is 0.278. The van der Waals surface area contributed by atoms with Crippen LogP contribution in [0.1, 0.15) is 16.7 Å². The Morgan fingerprint density at radius 3 is 1.90 bits per heavy atom. The van der Waals surface area contributed by atoms with Gasteiger partial charge < -0.3 is 21.5 Å². The number of halogens is 3. The predicted molar refractivity (Wildman–Crippen MR) is 125 cm³/mol. The van der Waals surface area contributed by atoms with E-state index in [1.54, 1.807) is 25.2 Å². The number of anilines is 2. The molecule has 12 heteroatoms. The zero-order chi connectivity index (χ0) is 23.0. The summed E-state index contributed by atoms with van der Waals surface area (Å²) in [6, 6.07) is 8.40. The van der Waals surface area contributed by atoms with E-state index in [-0.39, 0.29) is 6.03 Å². The molecule has 0 bridgehead atoms. The summed E-state index contributed by atoms with van der Waals surface area (Å²) in [6.07, 6.45) is 0. The molecular formula is C18H24BCl3N6O2. The van der Waals surface area contributed by atoms with Crippen molar-refractivity contribution in [3.05, 3.63) is 47.0 Å². The van der Waals surface area contributed by atoms with Crippen LogP contribution in [-0.2, 0) is 0 Å². The second-order valence-corrected chi connectivity index (χ2v) is 8.44. The summed E-state index contributed by atoms with van der Waals surface area (Å²) in [7, 11) is 1.66. The van der Waals surface area contributed by atoms with Crippen molar-refractivity contribution in [2.24, 2.45) is 0 Å². The molecule has 30 heavy (non-hydrogen) atoms. The van der Waals surface area contributed by atoms with E-state index in [2.05, 4.69) is 27.7 Å². The summed E-state index contributed by atoms with van der Waals surface area (Å²) in [5.74, 6) is 0.926. The third-order valence-electron chi connectivity index (χ3n) is 4.00. The number of nitrogen functional groups attached to an aromatic ring is 2. The van der Waals surface area contributed by atoms with Crippen molar-refractivity contribution in [2.75, 3.05) is 18.5 Å². The number of hydrogen-bond acceptors (Lipinski definition) is 5. The Morgan fingerprint density at radius 1 is 1.03 bits per heavy atom. The average molecular weight is 474 g/mol. The minimum absolute atomic E-state index is 0.386. The molecule has 0 saturated carbocycles. The fourth-order valence-corrected chi connectivity index (χ4v) is 2.92. The third-order valence-corrected chi connectivity index (χ3v) is 4.00. The highest BCUT2D eigenvalue weighted by Gasteiger charge is 2.36. The highest BCUT2D eigenvalue weighted by Crippen LogP contribution is 2.09. The smallest absolute Gasteiger partial charge is 0.384 e. The first-order chi connectivity index (χ1) is 13.9. The van der Waals surface area contributed by atoms with Gasteiger partial charge in [0.2, 0.25) is 0 Å². The van der Waals surface area contributed by atoms with E-state index >= 15 is 0 Å². The van der Waals surface area contributed by atoms with Gasteiger partial charge in [0.1, 0.15) is 11.6 Å². The summed E-state index contributed by atoms with van der Waals surface area (Å²) < 4.78 is -0.750. The minimum Gasteiger partial charge on any atom is -0.384 e. The highest BCUT2D eigenvalue weighted by atomic mass is 35.6. The second kappa shape index (κ2) is 11.7. The molecule has 0 spiro atoms. The van der Waals surface area contributed by atoms with Crippen molar-refractivity contribution >= 4 is 70.9 Å². The number of aromatic nitrogens is 1. The van der Waals surface area contributed by atoms with E-state index in [1.807, 2.05) is 20.8 Å². The highest BCUT2D eigenvalue weighted by molar-refractivity contribution is 6.74. The molecule has 2 heterocycles. The zero-order valence-electron chi connectivity index (χ0n) is 17.0. The first kappa shape index (κ1) is 25.7. The lowest BCUT2D eigenvalue weighted by atomic mass is 9.62. The van der Waals surface area contributed by atoms with E-state index in [0.29, 0.717) is 11.6 Å². The van der Waals surface area contributed by atoms with Gasteiger partial charge in [-0.05, 0) is 38.4 Å². The van der Waals surface area contributed by atoms with Crippen molar-refractivity contribution in [1.29, 1.82) is 0 Å². The number of urea groups is 2. The number of benzene rings is 1. The molecule has 1 fully saturated rings. The van der Waals surface area contributed by atoms with Gasteiger partial charge in [0, 0.05) is 7.05 Å². The van der Waals surface area contributed by atoms with Crippen molar-refractivity contribution < 1.29 is 9.59 Å². The lowest BCUT2D eigenvalue weighted by Crippen LogP contribution is -2.70. The van der Waals surface area contributed by atoms with E-state index in [1.165, 1.54) is 10.4 Å². The number of rotatable bonds is 1. The van der Waals surface area contributed by atoms with Gasteiger partial charge in [0.25, 0.3) is 0 Å². The number of hydrogen-bond donors (Lipinski definition) is 4. The van der Waals surface area contributed by atoms with Crippen LogP contribution in [0.25, 0.3) is 0 Å². The normalized spacial score (nSPS) is 12.9. The molecule has 2 aromatic rings. The van der Waals surface area contributed by atoms with Gasteiger partial charge >= 0.3 is 19.0 Å². The van der Waals surface area contributed by atoms with Gasteiger partial charge in [-0.15, -0.1) is 0 Å². The second-order valence-electron chi connectivity index (χ2n) is 6.46. The summed E-state index contributed by atoms with van der Waals surface area (Å²) in [4.78, 5) is 28.3. The van der Waals surface area contributed by atoms with Gasteiger partial charge in [-0.2, -0.15) is 0 Å². The monoisotopic (exact) mass is 472 g/mol. The Hall–Kier alpha value is -2.36. The standard InChI is InChI=1S/C12H16BN3O2.C5H7N3.CHCl3/c1-7-5-8(2)10(9(3)6-7)13-15-11(17)14-12(18)16(13)4;6-4-2-1-3-5(7)8-4;2-1(3)4/h5-6H,1-4H3,(H2,14,15,17,18);1-3H,(H4,6,7,8);1H. The van der Waals surface area contributed by atoms with Crippen molar-refractivity contribution in [1.82, 2.24) is 20.3 Å². The Kier molecular flexibility index (Phi) is 10.0. The molecule has 4 amide bonds. The molecule has 0 radical (unpaired) electrons. The van der Waals surface area contributed by atoms with Gasteiger partial charge in [0.05, 0.1) is 0 Å². The molecule has 6 N–H and O–H groups in total. The molecule has 0 unspecified atom stereocenters. The average Bonchev–Trinajstić information content (AvgIpc) is 2.58. The molecule has 1 saturated heterocycles. The van der Waals surface area contributed by atoms with Gasteiger partial charge in [-0.25, -0.2) is 14.6 Å². The number of carbonyl (C=O) groups is 2. The molecule has 162 valence electrons. The Morgan fingerprint density at radius 2 is 1.50 bits per heavy atom. The van der Waals surface area contributed by atoms with Crippen LogP contribution in [0.3, 0.4) is 0 Å². The number of amides is 4. The Bertz CT molecular complexity index is 857. The number of imide groups is 1. The number of nitrogens with one attached hydrogen (secondary N) is 2. The predicted octanol–water partition coefficient (Wildman–Crippen LogP) is 2.90. The number of carbonyl (C=O) groups excluding carboxylic acids is 2. The zero-order valence-corrected chi connectivity index (χ0v) is 19.3. The van der Waals surface area contributed by atoms with Crippen LogP contribution >= 0.6 is 34.8 Å². The first-order valence-electron chi connectivity index (χ1n) is 8.74. The van der Waals surface area contributed by atoms with Crippen LogP contribution in [0.4, 0.5) is 21.2 Å². The molecular weight excluding hydrogens is 449 g/mol. The van der Waals surface area contributed by atoms with Gasteiger partial charge in [-0.1, -0.05) is 69.7 Å². The lowest BCUT2D eigenvalue weighted by molar-refractivity contribution is 0.215. The molecule has 1 aliphatic rings. The Labute approximate surface area is 191 Å². The van der Waals surface area contributed by atoms with Crippen molar-refractivity contribution in [3.63, 3.8) is 0 Å². The summed E-state index contributed by atoms with van der Waals surface area (Å²) >= 11 is 14.4. The number of aryl methyl sites for hydroxylation is 3. The summed E-state index contributed by atoms with van der Waals surface area (Å²) in [5, 5.41) is 4.99. The molecule has 1 aliphatic heterocycles. The maximum Gasteiger partial charge on any atom is 0.416 e. The molecule has 0 aliphatic carbocycles. The fourth-order valence-electron chi connectivity index (χ4n) is 2.92. The van der Waals surface area contributed by atoms with Crippen molar-refractivity contribution in [2.45, 2.75) is 25.1 Å². The van der Waals surface area contributed by atoms with Crippen LogP contribution < -0.4 is 27.5 Å². The molecule has 3 rings (SSSR count). The van der Waals surface area contributed by atoms with Crippen LogP contribution in [0.2, 0.25) is 0 Å². The number of nitrogens with two attached hydrogens (primary N) is 2. The maximum atomic E-state index is 11.6. The quantitative estimate of drug-likeness (QED) is 0.374. The Balaban J connectivity index is 0.000000309. The SMILES string of the molecule is Cc1cc(C)c(B2NC(=O)NC(=O)N2C)c(C)c1.ClC(Cl)Cl.Nc1cccc(N)n1. The van der Waals surface area contributed by atoms with Crippen LogP contribution in [-0.4, -0.2) is 40.2 Å². The van der Waals surface area contributed by atoms with Crippen LogP contribution in [0, 0.1) is 20.8 Å².